The lowest BCUT2D eigenvalue weighted by molar-refractivity contribution is -0.144. The van der Waals surface area contributed by atoms with Gasteiger partial charge in [0, 0.05) is 13.1 Å². The van der Waals surface area contributed by atoms with Gasteiger partial charge < -0.3 is 10.1 Å². The van der Waals surface area contributed by atoms with Crippen LogP contribution in [-0.2, 0) is 9.53 Å². The summed E-state index contributed by atoms with van der Waals surface area (Å²) in [5.41, 5.74) is 0. The zero-order chi connectivity index (χ0) is 10.8. The van der Waals surface area contributed by atoms with E-state index in [0.717, 1.165) is 26.2 Å². The van der Waals surface area contributed by atoms with Crippen LogP contribution in [-0.4, -0.2) is 50.2 Å². The molecule has 0 aromatic rings. The number of carbonyl (C=O) groups excluding carboxylic acids is 1. The van der Waals surface area contributed by atoms with Crippen LogP contribution in [0.5, 0.6) is 0 Å². The van der Waals surface area contributed by atoms with E-state index < -0.39 is 0 Å². The summed E-state index contributed by atoms with van der Waals surface area (Å²) in [6.45, 7) is 10.5. The second kappa shape index (κ2) is 8.97. The molecular weight excluding hydrogens is 180 g/mol. The van der Waals surface area contributed by atoms with Crippen LogP contribution in [0.25, 0.3) is 0 Å². The van der Waals surface area contributed by atoms with Gasteiger partial charge in [0.25, 0.3) is 0 Å². The lowest BCUT2D eigenvalue weighted by Gasteiger charge is -2.18. The number of ether oxygens (including phenoxy) is 1. The molecule has 4 heteroatoms. The molecule has 0 heterocycles. The van der Waals surface area contributed by atoms with Gasteiger partial charge in [-0.25, -0.2) is 0 Å². The van der Waals surface area contributed by atoms with Gasteiger partial charge in [-0.3, -0.25) is 9.69 Å². The summed E-state index contributed by atoms with van der Waals surface area (Å²) < 4.78 is 4.88. The Hall–Kier alpha value is -0.610. The van der Waals surface area contributed by atoms with Crippen LogP contribution in [0, 0.1) is 0 Å². The molecule has 0 saturated heterocycles. The van der Waals surface area contributed by atoms with Crippen molar-refractivity contribution in [2.45, 2.75) is 20.8 Å². The van der Waals surface area contributed by atoms with Gasteiger partial charge in [-0.15, -0.1) is 0 Å². The fourth-order valence-electron chi connectivity index (χ4n) is 1.15. The van der Waals surface area contributed by atoms with Crippen molar-refractivity contribution in [3.05, 3.63) is 0 Å². The summed E-state index contributed by atoms with van der Waals surface area (Å²) in [5.74, 6) is -0.133. The maximum absolute atomic E-state index is 11.2. The van der Waals surface area contributed by atoms with E-state index in [2.05, 4.69) is 17.1 Å². The summed E-state index contributed by atoms with van der Waals surface area (Å²) >= 11 is 0. The molecule has 0 aromatic heterocycles. The Kier molecular flexibility index (Phi) is 8.57. The third-order valence-electron chi connectivity index (χ3n) is 1.96. The average Bonchev–Trinajstić information content (AvgIpc) is 2.17. The average molecular weight is 202 g/mol. The molecule has 84 valence electrons. The highest BCUT2D eigenvalue weighted by molar-refractivity contribution is 5.71. The first-order valence-electron chi connectivity index (χ1n) is 5.33. The van der Waals surface area contributed by atoms with Crippen molar-refractivity contribution in [3.8, 4) is 0 Å². The highest BCUT2D eigenvalue weighted by atomic mass is 16.5. The summed E-state index contributed by atoms with van der Waals surface area (Å²) in [6, 6.07) is 0. The van der Waals surface area contributed by atoms with Gasteiger partial charge in [-0.05, 0) is 20.0 Å². The van der Waals surface area contributed by atoms with Crippen LogP contribution in [0.15, 0.2) is 0 Å². The number of hydrogen-bond acceptors (Lipinski definition) is 4. The summed E-state index contributed by atoms with van der Waals surface area (Å²) in [7, 11) is 0. The van der Waals surface area contributed by atoms with E-state index in [1.807, 2.05) is 13.8 Å². The number of esters is 1. The Balaban J connectivity index is 3.61. The minimum Gasteiger partial charge on any atom is -0.465 e. The molecule has 0 saturated carbocycles. The van der Waals surface area contributed by atoms with Crippen molar-refractivity contribution >= 4 is 5.97 Å². The van der Waals surface area contributed by atoms with E-state index in [1.165, 1.54) is 0 Å². The quantitative estimate of drug-likeness (QED) is 0.459. The Morgan fingerprint density at radius 3 is 2.57 bits per heavy atom. The first kappa shape index (κ1) is 13.4. The minimum atomic E-state index is -0.133. The van der Waals surface area contributed by atoms with Gasteiger partial charge in [0.05, 0.1) is 13.2 Å². The molecule has 0 aromatic carbocycles. The maximum atomic E-state index is 11.2. The fourth-order valence-corrected chi connectivity index (χ4v) is 1.15. The molecule has 0 bridgehead atoms. The monoisotopic (exact) mass is 202 g/mol. The summed E-state index contributed by atoms with van der Waals surface area (Å²) in [4.78, 5) is 13.2. The molecule has 4 nitrogen and oxygen atoms in total. The smallest absolute Gasteiger partial charge is 0.320 e. The van der Waals surface area contributed by atoms with E-state index in [9.17, 15) is 4.79 Å². The number of hydrogen-bond donors (Lipinski definition) is 1. The minimum absolute atomic E-state index is 0.133. The van der Waals surface area contributed by atoms with E-state index in [-0.39, 0.29) is 5.97 Å². The Bertz CT molecular complexity index is 151. The summed E-state index contributed by atoms with van der Waals surface area (Å²) in [5, 5.41) is 3.22. The predicted octanol–water partition coefficient (Wildman–Crippen LogP) is 0.481. The molecule has 0 spiro atoms. The molecule has 0 unspecified atom stereocenters. The highest BCUT2D eigenvalue weighted by Gasteiger charge is 2.08. The van der Waals surface area contributed by atoms with E-state index >= 15 is 0 Å². The molecule has 14 heavy (non-hydrogen) atoms. The molecule has 1 N–H and O–H groups in total. The SMILES string of the molecule is CCNCCN(CC)CC(=O)OCC. The first-order chi connectivity index (χ1) is 6.74. The van der Waals surface area contributed by atoms with Crippen molar-refractivity contribution in [2.75, 3.05) is 39.3 Å². The van der Waals surface area contributed by atoms with Crippen LogP contribution >= 0.6 is 0 Å². The number of rotatable bonds is 8. The van der Waals surface area contributed by atoms with Crippen LogP contribution in [0.4, 0.5) is 0 Å². The lowest BCUT2D eigenvalue weighted by Crippen LogP contribution is -2.36. The molecule has 0 aliphatic carbocycles. The van der Waals surface area contributed by atoms with Gasteiger partial charge in [0.1, 0.15) is 0 Å². The van der Waals surface area contributed by atoms with Crippen molar-refractivity contribution in [1.82, 2.24) is 10.2 Å². The predicted molar refractivity (Wildman–Crippen MR) is 57.3 cm³/mol. The van der Waals surface area contributed by atoms with E-state index in [1.54, 1.807) is 0 Å². The fraction of sp³-hybridized carbons (Fsp3) is 0.900. The second-order valence-corrected chi connectivity index (χ2v) is 3.03. The normalized spacial score (nSPS) is 10.6. The van der Waals surface area contributed by atoms with E-state index in [0.29, 0.717) is 13.2 Å². The van der Waals surface area contributed by atoms with Gasteiger partial charge in [0.2, 0.25) is 0 Å². The standard InChI is InChI=1S/C10H22N2O2/c1-4-11-7-8-12(5-2)9-10(13)14-6-3/h11H,4-9H2,1-3H3. The molecule has 0 amide bonds. The lowest BCUT2D eigenvalue weighted by atomic mass is 10.4. The maximum Gasteiger partial charge on any atom is 0.320 e. The molecule has 0 aliphatic heterocycles. The third-order valence-corrected chi connectivity index (χ3v) is 1.96. The van der Waals surface area contributed by atoms with Crippen molar-refractivity contribution < 1.29 is 9.53 Å². The molecule has 0 rings (SSSR count). The van der Waals surface area contributed by atoms with E-state index in [4.69, 9.17) is 4.74 Å². The second-order valence-electron chi connectivity index (χ2n) is 3.03. The van der Waals surface area contributed by atoms with Crippen LogP contribution in [0.1, 0.15) is 20.8 Å². The Morgan fingerprint density at radius 1 is 1.36 bits per heavy atom. The van der Waals surface area contributed by atoms with Crippen molar-refractivity contribution in [2.24, 2.45) is 0 Å². The van der Waals surface area contributed by atoms with Gasteiger partial charge in [0.15, 0.2) is 0 Å². The Labute approximate surface area is 86.6 Å². The first-order valence-corrected chi connectivity index (χ1v) is 5.33. The number of likely N-dealkylation sites (N-methyl/N-ethyl adjacent to an activating group) is 2. The zero-order valence-corrected chi connectivity index (χ0v) is 9.51. The van der Waals surface area contributed by atoms with Gasteiger partial charge in [-0.1, -0.05) is 13.8 Å². The van der Waals surface area contributed by atoms with Crippen molar-refractivity contribution in [1.29, 1.82) is 0 Å². The molecule has 0 atom stereocenters. The van der Waals surface area contributed by atoms with Crippen LogP contribution in [0.2, 0.25) is 0 Å². The summed E-state index contributed by atoms with van der Waals surface area (Å²) in [6.07, 6.45) is 0. The van der Waals surface area contributed by atoms with Crippen LogP contribution in [0.3, 0.4) is 0 Å². The molecule has 0 radical (unpaired) electrons. The zero-order valence-electron chi connectivity index (χ0n) is 9.51. The Morgan fingerprint density at radius 2 is 2.07 bits per heavy atom. The van der Waals surface area contributed by atoms with Gasteiger partial charge >= 0.3 is 5.97 Å². The number of nitrogens with zero attached hydrogens (tertiary/aromatic N) is 1. The van der Waals surface area contributed by atoms with Gasteiger partial charge in [-0.2, -0.15) is 0 Å². The molecular formula is C10H22N2O2. The number of nitrogens with one attached hydrogen (secondary N) is 1. The molecule has 0 fully saturated rings. The molecule has 0 aliphatic rings. The third kappa shape index (κ3) is 6.86. The largest absolute Gasteiger partial charge is 0.465 e. The van der Waals surface area contributed by atoms with Crippen LogP contribution < -0.4 is 5.32 Å². The highest BCUT2D eigenvalue weighted by Crippen LogP contribution is 1.88. The van der Waals surface area contributed by atoms with Crippen molar-refractivity contribution in [3.63, 3.8) is 0 Å². The number of carbonyl (C=O) groups is 1. The topological polar surface area (TPSA) is 41.6 Å².